The molecule has 2 aliphatic heterocycles. The molecule has 0 saturated heterocycles. The van der Waals surface area contributed by atoms with E-state index in [2.05, 4.69) is 123 Å². The Morgan fingerprint density at radius 1 is 0.488 bits per heavy atom. The molecule has 0 radical (unpaired) electrons. The number of nitrogens with one attached hydrogen (secondary N) is 6. The van der Waals surface area contributed by atoms with Crippen LogP contribution in [-0.2, 0) is 6.54 Å². The molecule has 0 aliphatic carbocycles. The van der Waals surface area contributed by atoms with Gasteiger partial charge >= 0.3 is 0 Å². The molecule has 0 bridgehead atoms. The zero-order valence-corrected chi connectivity index (χ0v) is 43.4. The predicted molar refractivity (Wildman–Crippen MR) is 311 cm³/mol. The number of fused-ring (bicyclic) bond motifs is 9. The third-order valence-electron chi connectivity index (χ3n) is 11.5. The summed E-state index contributed by atoms with van der Waals surface area (Å²) in [5.74, 6) is 0. The van der Waals surface area contributed by atoms with Crippen LogP contribution < -0.4 is 21.6 Å². The van der Waals surface area contributed by atoms with Gasteiger partial charge < -0.3 is 24.2 Å². The molecule has 0 atom stereocenters. The second-order valence-electron chi connectivity index (χ2n) is 16.9. The molecule has 402 valence electrons. The summed E-state index contributed by atoms with van der Waals surface area (Å²) in [7, 11) is 0. The standard InChI is InChI=1S/C9H7N.2C7H6N2.C6H7N3.3C6H5N3.C6H4N2O.C5H4N4/c1-2-6-9-8(4-1)5-3-7-10-9;1-2-5-9-6-4-8-7(9)3-1;1-2-4-7-6(3-1)5-8-9-7;1-2-7-3-5-4-8-9-6(1)5;1-2-8-6-3-7-4-9-5(1)6;1-2-8-6-5(1)3-7-4-9-6;1-2-5-4-8-9-6(5)7-3-1;1-2-9-6-5(1)3-7-4-8-6;1-4-5(8-2-6-1)9-3-7-4/h1-7H;1-6H;1-5H,(H,8,9);1-3,8-9H,4H2;1-4,8H;1,3-4H,2H2;1-4H,(H,7,8,9);1-4H;1-3H,(H,6,7,8,9). The van der Waals surface area contributed by atoms with Crippen molar-refractivity contribution in [1.29, 1.82) is 0 Å². The van der Waals surface area contributed by atoms with Crippen molar-refractivity contribution in [2.45, 2.75) is 6.54 Å². The van der Waals surface area contributed by atoms with Crippen molar-refractivity contribution >= 4 is 83.5 Å². The lowest BCUT2D eigenvalue weighted by Gasteiger charge is -1.92. The minimum atomic E-state index is 0.644. The molecule has 2 aliphatic rings. The molecular weight excluding hydrogens is 1030 g/mol. The predicted octanol–water partition coefficient (Wildman–Crippen LogP) is 8.03. The number of furan rings is 1. The maximum atomic E-state index is 4.97. The van der Waals surface area contributed by atoms with Gasteiger partial charge in [0.1, 0.15) is 36.5 Å². The highest BCUT2D eigenvalue weighted by atomic mass is 16.3. The van der Waals surface area contributed by atoms with Gasteiger partial charge in [-0.15, -0.1) is 0 Å². The quantitative estimate of drug-likeness (QED) is 0.0837. The van der Waals surface area contributed by atoms with E-state index < -0.39 is 0 Å². The maximum absolute atomic E-state index is 4.97. The first-order valence-corrected chi connectivity index (χ1v) is 25.2. The molecule has 0 saturated carbocycles. The number of aromatic nitrogens is 20. The number of benzene rings is 2. The molecule has 24 nitrogen and oxygen atoms in total. The van der Waals surface area contributed by atoms with Crippen molar-refractivity contribution in [3.05, 3.63) is 250 Å². The van der Waals surface area contributed by atoms with Crippen LogP contribution in [0.4, 0.5) is 5.69 Å². The highest BCUT2D eigenvalue weighted by molar-refractivity contribution is 5.78. The molecule has 0 spiro atoms. The molecule has 14 aromatic heterocycles. The smallest absolute Gasteiger partial charge is 0.228 e. The van der Waals surface area contributed by atoms with Crippen LogP contribution in [0.3, 0.4) is 0 Å². The van der Waals surface area contributed by atoms with Crippen LogP contribution in [0.25, 0.3) is 77.9 Å². The zero-order chi connectivity index (χ0) is 55.6. The van der Waals surface area contributed by atoms with E-state index in [1.165, 1.54) is 36.3 Å². The van der Waals surface area contributed by atoms with Crippen LogP contribution in [0.5, 0.6) is 0 Å². The van der Waals surface area contributed by atoms with Crippen molar-refractivity contribution in [2.75, 3.05) is 12.0 Å². The third kappa shape index (κ3) is 15.2. The summed E-state index contributed by atoms with van der Waals surface area (Å²) in [6.07, 6.45) is 36.4. The summed E-state index contributed by atoms with van der Waals surface area (Å²) < 4.78 is 6.94. The Morgan fingerprint density at radius 3 is 2.12 bits per heavy atom. The fourth-order valence-electron chi connectivity index (χ4n) is 7.50. The molecule has 2 aromatic carbocycles. The number of hydrazine groups is 1. The Kier molecular flexibility index (Phi) is 18.6. The number of pyridine rings is 4. The largest absolute Gasteiger partial charge is 0.446 e. The van der Waals surface area contributed by atoms with Gasteiger partial charge in [0.25, 0.3) is 0 Å². The van der Waals surface area contributed by atoms with E-state index in [1.807, 2.05) is 145 Å². The number of H-pyrrole nitrogens is 4. The molecule has 24 heteroatoms. The maximum Gasteiger partial charge on any atom is 0.228 e. The van der Waals surface area contributed by atoms with Gasteiger partial charge in [0.05, 0.1) is 77.1 Å². The van der Waals surface area contributed by atoms with E-state index in [4.69, 9.17) is 4.42 Å². The van der Waals surface area contributed by atoms with Crippen LogP contribution in [0.15, 0.2) is 243 Å². The topological polar surface area (TPSA) is 310 Å². The summed E-state index contributed by atoms with van der Waals surface area (Å²) in [6.45, 7) is 1.64. The minimum Gasteiger partial charge on any atom is -0.446 e. The van der Waals surface area contributed by atoms with Crippen molar-refractivity contribution in [3.63, 3.8) is 0 Å². The monoisotopic (exact) mass is 1080 g/mol. The molecule has 6 N–H and O–H groups in total. The number of aromatic amines is 4. The van der Waals surface area contributed by atoms with E-state index in [0.29, 0.717) is 11.4 Å². The second-order valence-corrected chi connectivity index (χ2v) is 16.9. The summed E-state index contributed by atoms with van der Waals surface area (Å²) in [5.41, 5.74) is 17.4. The zero-order valence-electron chi connectivity index (χ0n) is 43.4. The van der Waals surface area contributed by atoms with Crippen LogP contribution in [0.1, 0.15) is 5.56 Å². The average molecular weight is 1080 g/mol. The molecule has 82 heavy (non-hydrogen) atoms. The van der Waals surface area contributed by atoms with E-state index >= 15 is 0 Å². The van der Waals surface area contributed by atoms with Crippen LogP contribution in [0.2, 0.25) is 0 Å². The van der Waals surface area contributed by atoms with Crippen molar-refractivity contribution in [3.8, 4) is 0 Å². The Labute approximate surface area is 464 Å². The highest BCUT2D eigenvalue weighted by Gasteiger charge is 2.06. The van der Waals surface area contributed by atoms with Crippen LogP contribution in [0, 0.1) is 0 Å². The Hall–Kier alpha value is -11.9. The Balaban J connectivity index is 0.000000103. The first kappa shape index (κ1) is 53.5. The first-order chi connectivity index (χ1) is 40.7. The normalized spacial score (nSPS) is 11.1. The summed E-state index contributed by atoms with van der Waals surface area (Å²) >= 11 is 0. The van der Waals surface area contributed by atoms with Crippen molar-refractivity contribution < 1.29 is 4.42 Å². The Morgan fingerprint density at radius 2 is 1.27 bits per heavy atom. The summed E-state index contributed by atoms with van der Waals surface area (Å²) in [5, 5.41) is 18.7. The van der Waals surface area contributed by atoms with Gasteiger partial charge in [-0.2, -0.15) is 10.2 Å². The average Bonchev–Trinajstić information content (AvgIpc) is 4.40. The number of para-hydroxylation sites is 2. The molecule has 16 aromatic rings. The van der Waals surface area contributed by atoms with Crippen LogP contribution >= 0.6 is 0 Å². The minimum absolute atomic E-state index is 0.644. The molecule has 16 heterocycles. The number of nitrogens with zero attached hydrogens (tertiary/aromatic N) is 17. The van der Waals surface area contributed by atoms with Gasteiger partial charge in [0, 0.05) is 95.5 Å². The molecule has 18 rings (SSSR count). The van der Waals surface area contributed by atoms with Gasteiger partial charge in [0.15, 0.2) is 16.8 Å². The second kappa shape index (κ2) is 28.5. The molecule has 0 unspecified atom stereocenters. The van der Waals surface area contributed by atoms with Crippen molar-refractivity contribution in [2.24, 2.45) is 4.99 Å². The number of imidazole rings is 2. The Bertz CT molecular complexity index is 3810. The van der Waals surface area contributed by atoms with Crippen LogP contribution in [-0.4, -0.2) is 106 Å². The lowest BCUT2D eigenvalue weighted by Crippen LogP contribution is -2.24. The first-order valence-electron chi connectivity index (χ1n) is 25.2. The SMILES string of the molecule is C1=c2cncnc2=NC1.c1cc2c(cn1)CNN2.c1ccc2[nH]ncc2c1.c1ccc2ncccc2c1.c1ccn2ccnc2c1.c1cnc2[nH]ncc2c1.c1ncc2[nH]ccc2n1.c1ncc2[nH]cnc2n1.c1ncc2ccoc2n1. The molecule has 0 fully saturated rings. The molecule has 0 amide bonds. The van der Waals surface area contributed by atoms with Gasteiger partial charge in [-0.05, 0) is 60.7 Å². The van der Waals surface area contributed by atoms with Gasteiger partial charge in [-0.1, -0.05) is 54.6 Å². The van der Waals surface area contributed by atoms with Gasteiger partial charge in [-0.25, -0.2) is 60.2 Å². The van der Waals surface area contributed by atoms with Gasteiger partial charge in [0.2, 0.25) is 5.71 Å². The summed E-state index contributed by atoms with van der Waals surface area (Å²) in [6, 6.07) is 35.6. The van der Waals surface area contributed by atoms with E-state index in [0.717, 1.165) is 84.5 Å². The van der Waals surface area contributed by atoms with E-state index in [-0.39, 0.29) is 0 Å². The third-order valence-corrected chi connectivity index (χ3v) is 11.5. The molecular formula is C58H49N23O. The van der Waals surface area contributed by atoms with E-state index in [1.54, 1.807) is 62.2 Å². The number of hydrogen-bond donors (Lipinski definition) is 6. The number of rotatable bonds is 0. The lowest BCUT2D eigenvalue weighted by molar-refractivity contribution is 0.602. The van der Waals surface area contributed by atoms with Crippen molar-refractivity contribution in [1.82, 2.24) is 105 Å². The number of hydrogen-bond acceptors (Lipinski definition) is 19. The lowest BCUT2D eigenvalue weighted by atomic mass is 10.2. The summed E-state index contributed by atoms with van der Waals surface area (Å²) in [4.78, 5) is 61.2. The highest BCUT2D eigenvalue weighted by Crippen LogP contribution is 2.16. The fraction of sp³-hybridized carbons (Fsp3) is 0.0345. The van der Waals surface area contributed by atoms with E-state index in [9.17, 15) is 0 Å². The fourth-order valence-corrected chi connectivity index (χ4v) is 7.50. The van der Waals surface area contributed by atoms with Gasteiger partial charge in [-0.3, -0.25) is 25.2 Å². The number of anilines is 1.